The van der Waals surface area contributed by atoms with Gasteiger partial charge in [-0.15, -0.1) is 11.1 Å². The first kappa shape index (κ1) is 14.4. The van der Waals surface area contributed by atoms with Gasteiger partial charge in [-0.05, 0) is 32.7 Å². The van der Waals surface area contributed by atoms with Crippen LogP contribution in [-0.4, -0.2) is 23.1 Å². The van der Waals surface area contributed by atoms with Gasteiger partial charge in [0.15, 0.2) is 8.32 Å². The maximum atomic E-state index is 5.96. The molecule has 0 aromatic carbocycles. The van der Waals surface area contributed by atoms with Gasteiger partial charge < -0.3 is 8.23 Å². The van der Waals surface area contributed by atoms with Crippen LogP contribution in [0.25, 0.3) is 0 Å². The van der Waals surface area contributed by atoms with Gasteiger partial charge in [-0.2, -0.15) is 0 Å². The molecule has 0 N–H and O–H groups in total. The second-order valence-electron chi connectivity index (χ2n) is 4.14. The Balaban J connectivity index is 4.25. The van der Waals surface area contributed by atoms with E-state index in [4.69, 9.17) is 41.5 Å². The Morgan fingerprint density at radius 2 is 1.15 bits per heavy atom. The second kappa shape index (κ2) is 4.53. The summed E-state index contributed by atoms with van der Waals surface area (Å²) < 4.78 is 10.9. The van der Waals surface area contributed by atoms with Crippen LogP contribution < -0.4 is 0 Å². The van der Waals surface area contributed by atoms with Gasteiger partial charge in [-0.1, -0.05) is 22.2 Å². The summed E-state index contributed by atoms with van der Waals surface area (Å²) in [6.45, 7) is 9.65. The van der Waals surface area contributed by atoms with Gasteiger partial charge in [0.25, 0.3) is 7.63 Å². The molecule has 8 heteroatoms. The van der Waals surface area contributed by atoms with Crippen molar-refractivity contribution in [3.8, 4) is 0 Å². The SMILES string of the molecule is C[Si](C)(C)O[Si](Cl)(Cl)O[Si](C)(C)Cl. The molecule has 0 atom stereocenters. The summed E-state index contributed by atoms with van der Waals surface area (Å²) in [6, 6.07) is 0. The fourth-order valence-corrected chi connectivity index (χ4v) is 15.6. The van der Waals surface area contributed by atoms with Crippen LogP contribution in [0.5, 0.6) is 0 Å². The third kappa shape index (κ3) is 9.74. The highest BCUT2D eigenvalue weighted by Gasteiger charge is 2.43. The van der Waals surface area contributed by atoms with E-state index < -0.39 is 23.1 Å². The van der Waals surface area contributed by atoms with Gasteiger partial charge in [0, 0.05) is 0 Å². The Labute approximate surface area is 97.1 Å². The molecule has 0 unspecified atom stereocenters. The molecule has 0 aliphatic heterocycles. The van der Waals surface area contributed by atoms with E-state index in [1.54, 1.807) is 0 Å². The third-order valence-corrected chi connectivity index (χ3v) is 10.6. The number of hydrogen-bond donors (Lipinski definition) is 0. The van der Waals surface area contributed by atoms with Crippen molar-refractivity contribution in [1.29, 1.82) is 0 Å². The monoisotopic (exact) mass is 296 g/mol. The Morgan fingerprint density at radius 1 is 0.769 bits per heavy atom. The molecule has 0 aromatic rings. The minimum Gasteiger partial charge on any atom is -0.414 e. The molecule has 0 heterocycles. The summed E-state index contributed by atoms with van der Waals surface area (Å²) in [5.74, 6) is 0. The number of halogens is 3. The molecule has 0 bridgehead atoms. The molecule has 0 radical (unpaired) electrons. The van der Waals surface area contributed by atoms with Gasteiger partial charge in [0.05, 0.1) is 0 Å². The molecule has 2 nitrogen and oxygen atoms in total. The highest BCUT2D eigenvalue weighted by atomic mass is 35.7. The average Bonchev–Trinajstić information content (AvgIpc) is 1.43. The molecule has 0 spiro atoms. The van der Waals surface area contributed by atoms with E-state index in [-0.39, 0.29) is 0 Å². The number of rotatable bonds is 4. The van der Waals surface area contributed by atoms with Crippen LogP contribution in [0.4, 0.5) is 0 Å². The quantitative estimate of drug-likeness (QED) is 0.582. The fraction of sp³-hybridized carbons (Fsp3) is 1.00. The van der Waals surface area contributed by atoms with Crippen LogP contribution in [0.3, 0.4) is 0 Å². The van der Waals surface area contributed by atoms with E-state index >= 15 is 0 Å². The molecule has 0 amide bonds. The van der Waals surface area contributed by atoms with Crippen LogP contribution >= 0.6 is 33.2 Å². The fourth-order valence-electron chi connectivity index (χ4n) is 0.660. The van der Waals surface area contributed by atoms with Crippen molar-refractivity contribution in [1.82, 2.24) is 0 Å². The van der Waals surface area contributed by atoms with Crippen molar-refractivity contribution in [3.05, 3.63) is 0 Å². The highest BCUT2D eigenvalue weighted by Crippen LogP contribution is 2.28. The minimum absolute atomic E-state index is 1.76. The molecule has 0 rings (SSSR count). The molecule has 0 fully saturated rings. The molecule has 0 aliphatic rings. The zero-order valence-electron chi connectivity index (χ0n) is 8.45. The third-order valence-electron chi connectivity index (χ3n) is 0.787. The normalized spacial score (nSPS) is 14.8. The van der Waals surface area contributed by atoms with E-state index in [2.05, 4.69) is 0 Å². The first-order valence-electron chi connectivity index (χ1n) is 3.88. The highest BCUT2D eigenvalue weighted by molar-refractivity contribution is 7.43. The predicted molar refractivity (Wildman–Crippen MR) is 66.3 cm³/mol. The van der Waals surface area contributed by atoms with Gasteiger partial charge in [-0.25, -0.2) is 0 Å². The first-order valence-corrected chi connectivity index (χ1v) is 15.1. The zero-order chi connectivity index (χ0) is 10.9. The first-order chi connectivity index (χ1) is 5.41. The van der Waals surface area contributed by atoms with E-state index in [0.29, 0.717) is 0 Å². The van der Waals surface area contributed by atoms with Crippen LogP contribution in [-0.2, 0) is 8.23 Å². The van der Waals surface area contributed by atoms with Crippen molar-refractivity contribution in [2.75, 3.05) is 0 Å². The zero-order valence-corrected chi connectivity index (χ0v) is 13.7. The molecular weight excluding hydrogens is 283 g/mol. The van der Waals surface area contributed by atoms with Crippen molar-refractivity contribution in [3.63, 3.8) is 0 Å². The summed E-state index contributed by atoms with van der Waals surface area (Å²) in [5, 5.41) is 0. The summed E-state index contributed by atoms with van der Waals surface area (Å²) in [6.07, 6.45) is 0. The van der Waals surface area contributed by atoms with Crippen molar-refractivity contribution >= 4 is 56.4 Å². The number of hydrogen-bond acceptors (Lipinski definition) is 2. The van der Waals surface area contributed by atoms with E-state index in [1.165, 1.54) is 0 Å². The molecule has 13 heavy (non-hydrogen) atoms. The Kier molecular flexibility index (Phi) is 5.03. The minimum atomic E-state index is -3.04. The molecule has 0 saturated heterocycles. The standard InChI is InChI=1S/C5H15Cl3O2Si3/c1-11(2,3)9-13(7,8)10-12(4,5)6/h1-5H3. The van der Waals surface area contributed by atoms with Gasteiger partial charge >= 0.3 is 7.18 Å². The lowest BCUT2D eigenvalue weighted by atomic mass is 11.8. The molecule has 0 aromatic heterocycles. The van der Waals surface area contributed by atoms with Crippen molar-refractivity contribution < 1.29 is 8.23 Å². The van der Waals surface area contributed by atoms with Crippen molar-refractivity contribution in [2.24, 2.45) is 0 Å². The lowest BCUT2D eigenvalue weighted by Gasteiger charge is -2.29. The maximum absolute atomic E-state index is 5.96. The van der Waals surface area contributed by atoms with Gasteiger partial charge in [0.1, 0.15) is 0 Å². The van der Waals surface area contributed by atoms with Crippen molar-refractivity contribution in [2.45, 2.75) is 32.7 Å². The Bertz CT molecular complexity index is 157. The van der Waals surface area contributed by atoms with Crippen LogP contribution in [0, 0.1) is 0 Å². The van der Waals surface area contributed by atoms with Gasteiger partial charge in [0.2, 0.25) is 0 Å². The summed E-state index contributed by atoms with van der Waals surface area (Å²) in [4.78, 5) is 0. The largest absolute Gasteiger partial charge is 0.531 e. The molecule has 0 saturated carbocycles. The van der Waals surface area contributed by atoms with E-state index in [0.717, 1.165) is 0 Å². The molecule has 80 valence electrons. The maximum Gasteiger partial charge on any atom is 0.531 e. The van der Waals surface area contributed by atoms with Crippen LogP contribution in [0.15, 0.2) is 0 Å². The van der Waals surface area contributed by atoms with Crippen LogP contribution in [0.1, 0.15) is 0 Å². The predicted octanol–water partition coefficient (Wildman–Crippen LogP) is 3.71. The molecular formula is C5H15Cl3O2Si3. The second-order valence-corrected chi connectivity index (χ2v) is 20.0. The van der Waals surface area contributed by atoms with E-state index in [1.807, 2.05) is 32.7 Å². The summed E-state index contributed by atoms with van der Waals surface area (Å²) in [7, 11) is -7.02. The Morgan fingerprint density at radius 3 is 1.38 bits per heavy atom. The van der Waals surface area contributed by atoms with Crippen LogP contribution in [0.2, 0.25) is 32.7 Å². The topological polar surface area (TPSA) is 18.5 Å². The lowest BCUT2D eigenvalue weighted by molar-refractivity contribution is 0.439. The Hall–Kier alpha value is 1.44. The summed E-state index contributed by atoms with van der Waals surface area (Å²) >= 11 is 17.9. The smallest absolute Gasteiger partial charge is 0.414 e. The molecule has 0 aliphatic carbocycles. The van der Waals surface area contributed by atoms with E-state index in [9.17, 15) is 0 Å². The lowest BCUT2D eigenvalue weighted by Crippen LogP contribution is -2.46. The van der Waals surface area contributed by atoms with Gasteiger partial charge in [-0.3, -0.25) is 0 Å². The summed E-state index contributed by atoms with van der Waals surface area (Å²) in [5.41, 5.74) is 0. The average molecular weight is 298 g/mol.